The van der Waals surface area contributed by atoms with Crippen molar-refractivity contribution in [3.05, 3.63) is 52.4 Å². The van der Waals surface area contributed by atoms with Gasteiger partial charge in [-0.05, 0) is 37.6 Å². The van der Waals surface area contributed by atoms with Gasteiger partial charge in [0.25, 0.3) is 0 Å². The molecule has 4 rings (SSSR count). The van der Waals surface area contributed by atoms with Crippen LogP contribution in [0.1, 0.15) is 13.3 Å². The topological polar surface area (TPSA) is 96.7 Å². The molecule has 3 heterocycles. The van der Waals surface area contributed by atoms with Crippen molar-refractivity contribution in [2.45, 2.75) is 19.9 Å². The van der Waals surface area contributed by atoms with Crippen LogP contribution in [0.3, 0.4) is 0 Å². The van der Waals surface area contributed by atoms with Crippen LogP contribution in [0, 0.1) is 5.82 Å². The summed E-state index contributed by atoms with van der Waals surface area (Å²) in [4.78, 5) is 19.0. The van der Waals surface area contributed by atoms with Gasteiger partial charge >= 0.3 is 6.03 Å². The van der Waals surface area contributed by atoms with Crippen molar-refractivity contribution >= 4 is 28.9 Å². The molecule has 1 aromatic carbocycles. The van der Waals surface area contributed by atoms with Crippen molar-refractivity contribution in [3.8, 4) is 11.4 Å². The highest BCUT2D eigenvalue weighted by atomic mass is 32.1. The van der Waals surface area contributed by atoms with Gasteiger partial charge in [0, 0.05) is 38.1 Å². The van der Waals surface area contributed by atoms with Gasteiger partial charge < -0.3 is 24.8 Å². The summed E-state index contributed by atoms with van der Waals surface area (Å²) >= 11 is 1.41. The number of halogens is 1. The molecule has 0 bridgehead atoms. The van der Waals surface area contributed by atoms with E-state index >= 15 is 0 Å². The second kappa shape index (κ2) is 11.7. The molecular formula is C23H28FN7O2S. The second-order valence-corrected chi connectivity index (χ2v) is 8.47. The number of hydrogen-bond acceptors (Lipinski definition) is 7. The number of urea groups is 1. The van der Waals surface area contributed by atoms with E-state index in [-0.39, 0.29) is 17.5 Å². The molecule has 1 fully saturated rings. The summed E-state index contributed by atoms with van der Waals surface area (Å²) < 4.78 is 21.6. The number of carbonyl (C=O) groups is 1. The maximum Gasteiger partial charge on any atom is 0.314 e. The van der Waals surface area contributed by atoms with Gasteiger partial charge in [0.05, 0.1) is 18.9 Å². The monoisotopic (exact) mass is 485 g/mol. The largest absolute Gasteiger partial charge is 0.378 e. The standard InChI is InChI=1S/C23H28FN7O2S/c1-2-25-22(32)26-10-5-11-31-20(16-34-23(31)27-18-7-4-3-6-17(18)24)19-8-9-21(29-28-19)30-12-14-33-15-13-30/h3-4,6-9,16H,2,5,10-15H2,1H3,(H2,25,26,32). The van der Waals surface area contributed by atoms with Gasteiger partial charge in [-0.2, -0.15) is 0 Å². The second-order valence-electron chi connectivity index (χ2n) is 7.63. The molecule has 0 saturated carbocycles. The Balaban J connectivity index is 1.59. The number of benzene rings is 1. The van der Waals surface area contributed by atoms with E-state index in [2.05, 4.69) is 30.7 Å². The molecule has 0 aliphatic carbocycles. The fraction of sp³-hybridized carbons (Fsp3) is 0.391. The number of rotatable bonds is 8. The number of anilines is 1. The zero-order chi connectivity index (χ0) is 23.8. The molecule has 2 amide bonds. The zero-order valence-corrected chi connectivity index (χ0v) is 19.9. The number of thiazole rings is 1. The van der Waals surface area contributed by atoms with Crippen LogP contribution in [0.25, 0.3) is 11.4 Å². The van der Waals surface area contributed by atoms with E-state index in [0.29, 0.717) is 49.8 Å². The zero-order valence-electron chi connectivity index (χ0n) is 19.0. The molecule has 1 aliphatic heterocycles. The van der Waals surface area contributed by atoms with Crippen LogP contribution in [0.15, 0.2) is 46.8 Å². The van der Waals surface area contributed by atoms with Crippen LogP contribution < -0.4 is 20.3 Å². The molecule has 0 atom stereocenters. The predicted octanol–water partition coefficient (Wildman–Crippen LogP) is 2.92. The fourth-order valence-corrected chi connectivity index (χ4v) is 4.50. The SMILES string of the molecule is CCNC(=O)NCCCn1c(-c2ccc(N3CCOCC3)nn2)csc1=Nc1ccccc1F. The molecule has 34 heavy (non-hydrogen) atoms. The molecule has 0 spiro atoms. The van der Waals surface area contributed by atoms with Crippen LogP contribution in [-0.2, 0) is 11.3 Å². The van der Waals surface area contributed by atoms with Gasteiger partial charge in [-0.3, -0.25) is 0 Å². The quantitative estimate of drug-likeness (QED) is 0.478. The summed E-state index contributed by atoms with van der Waals surface area (Å²) in [5.41, 5.74) is 1.83. The highest BCUT2D eigenvalue weighted by Crippen LogP contribution is 2.22. The molecule has 2 N–H and O–H groups in total. The van der Waals surface area contributed by atoms with Crippen LogP contribution >= 0.6 is 11.3 Å². The molecular weight excluding hydrogens is 457 g/mol. The van der Waals surface area contributed by atoms with E-state index in [1.807, 2.05) is 29.0 Å². The Morgan fingerprint density at radius 3 is 2.74 bits per heavy atom. The molecule has 9 nitrogen and oxygen atoms in total. The van der Waals surface area contributed by atoms with Crippen molar-refractivity contribution in [3.63, 3.8) is 0 Å². The fourth-order valence-electron chi connectivity index (χ4n) is 3.57. The van der Waals surface area contributed by atoms with E-state index in [9.17, 15) is 9.18 Å². The molecule has 3 aromatic rings. The van der Waals surface area contributed by atoms with E-state index in [0.717, 1.165) is 24.6 Å². The minimum absolute atomic E-state index is 0.195. The lowest BCUT2D eigenvalue weighted by molar-refractivity contribution is 0.122. The van der Waals surface area contributed by atoms with Gasteiger partial charge in [0.2, 0.25) is 0 Å². The third kappa shape index (κ3) is 5.97. The summed E-state index contributed by atoms with van der Waals surface area (Å²) in [7, 11) is 0. The summed E-state index contributed by atoms with van der Waals surface area (Å²) in [6, 6.07) is 10.1. The van der Waals surface area contributed by atoms with Crippen molar-refractivity contribution in [2.75, 3.05) is 44.3 Å². The summed E-state index contributed by atoms with van der Waals surface area (Å²) in [5, 5.41) is 16.4. The Morgan fingerprint density at radius 1 is 1.18 bits per heavy atom. The Labute approximate surface area is 201 Å². The molecule has 2 aromatic heterocycles. The van der Waals surface area contributed by atoms with Crippen LogP contribution in [0.5, 0.6) is 0 Å². The van der Waals surface area contributed by atoms with Crippen LogP contribution in [0.4, 0.5) is 20.7 Å². The molecule has 0 unspecified atom stereocenters. The number of morpholine rings is 1. The number of nitrogens with zero attached hydrogens (tertiary/aromatic N) is 5. The molecule has 1 saturated heterocycles. The maximum atomic E-state index is 14.2. The van der Waals surface area contributed by atoms with Gasteiger partial charge in [-0.25, -0.2) is 14.2 Å². The van der Waals surface area contributed by atoms with Crippen LogP contribution in [-0.4, -0.2) is 60.2 Å². The minimum Gasteiger partial charge on any atom is -0.378 e. The Kier molecular flexibility index (Phi) is 8.21. The number of nitrogens with one attached hydrogen (secondary N) is 2. The summed E-state index contributed by atoms with van der Waals surface area (Å²) in [6.07, 6.45) is 0.671. The first-order chi connectivity index (χ1) is 16.7. The predicted molar refractivity (Wildman–Crippen MR) is 130 cm³/mol. The van der Waals surface area contributed by atoms with Gasteiger partial charge in [-0.1, -0.05) is 12.1 Å². The van der Waals surface area contributed by atoms with Crippen molar-refractivity contribution in [2.24, 2.45) is 4.99 Å². The third-order valence-electron chi connectivity index (χ3n) is 5.30. The average molecular weight is 486 g/mol. The lowest BCUT2D eigenvalue weighted by Crippen LogP contribution is -2.36. The van der Waals surface area contributed by atoms with Crippen molar-refractivity contribution < 1.29 is 13.9 Å². The summed E-state index contributed by atoms with van der Waals surface area (Å²) in [5.74, 6) is 0.438. The third-order valence-corrected chi connectivity index (χ3v) is 6.16. The van der Waals surface area contributed by atoms with Crippen LogP contribution in [0.2, 0.25) is 0 Å². The van der Waals surface area contributed by atoms with E-state index in [1.165, 1.54) is 17.4 Å². The number of amides is 2. The number of hydrogen-bond donors (Lipinski definition) is 2. The molecule has 11 heteroatoms. The highest BCUT2D eigenvalue weighted by molar-refractivity contribution is 7.07. The molecule has 180 valence electrons. The van der Waals surface area contributed by atoms with E-state index < -0.39 is 0 Å². The number of ether oxygens (including phenoxy) is 1. The molecule has 1 aliphatic rings. The van der Waals surface area contributed by atoms with Crippen molar-refractivity contribution in [1.82, 2.24) is 25.4 Å². The average Bonchev–Trinajstić information content (AvgIpc) is 3.26. The Hall–Kier alpha value is -3.31. The Bertz CT molecular complexity index is 1160. The first-order valence-corrected chi connectivity index (χ1v) is 12.2. The summed E-state index contributed by atoms with van der Waals surface area (Å²) in [6.45, 7) is 6.45. The van der Waals surface area contributed by atoms with Gasteiger partial charge in [0.15, 0.2) is 10.6 Å². The van der Waals surface area contributed by atoms with Gasteiger partial charge in [-0.15, -0.1) is 21.5 Å². The first kappa shape index (κ1) is 23.8. The lowest BCUT2D eigenvalue weighted by atomic mass is 10.3. The highest BCUT2D eigenvalue weighted by Gasteiger charge is 2.15. The van der Waals surface area contributed by atoms with E-state index in [4.69, 9.17) is 4.74 Å². The lowest BCUT2D eigenvalue weighted by Gasteiger charge is -2.27. The number of para-hydroxylation sites is 1. The Morgan fingerprint density at radius 2 is 2.00 bits per heavy atom. The van der Waals surface area contributed by atoms with E-state index in [1.54, 1.807) is 18.2 Å². The molecule has 0 radical (unpaired) electrons. The van der Waals surface area contributed by atoms with Gasteiger partial charge in [0.1, 0.15) is 17.2 Å². The smallest absolute Gasteiger partial charge is 0.314 e. The first-order valence-electron chi connectivity index (χ1n) is 11.3. The normalized spacial score (nSPS) is 14.3. The maximum absolute atomic E-state index is 14.2. The van der Waals surface area contributed by atoms with Crippen molar-refractivity contribution in [1.29, 1.82) is 0 Å². The minimum atomic E-state index is -0.378. The number of carbonyl (C=O) groups excluding carboxylic acids is 1. The number of aromatic nitrogens is 3.